The van der Waals surface area contributed by atoms with Gasteiger partial charge in [-0.2, -0.15) is 0 Å². The number of aromatic nitrogens is 2. The molecule has 0 spiro atoms. The summed E-state index contributed by atoms with van der Waals surface area (Å²) in [6.45, 7) is 2.10. The van der Waals surface area contributed by atoms with Crippen molar-refractivity contribution in [2.45, 2.75) is 32.6 Å². The molecule has 0 N–H and O–H groups in total. The molecule has 2 heteroatoms. The Labute approximate surface area is 119 Å². The van der Waals surface area contributed by atoms with E-state index in [2.05, 4.69) is 54.0 Å². The molecular formula is C18H18N2. The van der Waals surface area contributed by atoms with Gasteiger partial charge in [-0.1, -0.05) is 12.1 Å². The fraction of sp³-hybridized carbons (Fsp3) is 0.278. The Morgan fingerprint density at radius 2 is 1.85 bits per heavy atom. The van der Waals surface area contributed by atoms with E-state index in [9.17, 15) is 0 Å². The molecule has 2 nitrogen and oxygen atoms in total. The van der Waals surface area contributed by atoms with Crippen molar-refractivity contribution in [1.29, 1.82) is 0 Å². The zero-order valence-electron chi connectivity index (χ0n) is 11.8. The van der Waals surface area contributed by atoms with Crippen molar-refractivity contribution in [3.63, 3.8) is 0 Å². The zero-order valence-corrected chi connectivity index (χ0v) is 11.8. The maximum atomic E-state index is 4.76. The number of rotatable bonds is 1. The van der Waals surface area contributed by atoms with Crippen LogP contribution in [0.1, 0.15) is 29.5 Å². The molecule has 1 aliphatic rings. The van der Waals surface area contributed by atoms with Gasteiger partial charge in [0.25, 0.3) is 0 Å². The van der Waals surface area contributed by atoms with Crippen LogP contribution in [0, 0.1) is 6.92 Å². The van der Waals surface area contributed by atoms with Crippen LogP contribution in [0.2, 0.25) is 0 Å². The lowest BCUT2D eigenvalue weighted by Gasteiger charge is -2.15. The summed E-state index contributed by atoms with van der Waals surface area (Å²) in [5, 5.41) is 0. The molecule has 2 heterocycles. The number of pyridine rings is 1. The third-order valence-electron chi connectivity index (χ3n) is 4.26. The third kappa shape index (κ3) is 1.92. The number of hydrogen-bond donors (Lipinski definition) is 0. The lowest BCUT2D eigenvalue weighted by Crippen LogP contribution is -2.02. The second kappa shape index (κ2) is 4.48. The summed E-state index contributed by atoms with van der Waals surface area (Å²) in [5.74, 6) is 0. The van der Waals surface area contributed by atoms with Gasteiger partial charge >= 0.3 is 0 Å². The Morgan fingerprint density at radius 1 is 1.00 bits per heavy atom. The van der Waals surface area contributed by atoms with Gasteiger partial charge in [-0.3, -0.25) is 0 Å². The monoisotopic (exact) mass is 262 g/mol. The van der Waals surface area contributed by atoms with Gasteiger partial charge in [0, 0.05) is 18.0 Å². The predicted octanol–water partition coefficient (Wildman–Crippen LogP) is 4.19. The second-order valence-corrected chi connectivity index (χ2v) is 5.79. The second-order valence-electron chi connectivity index (χ2n) is 5.79. The lowest BCUT2D eigenvalue weighted by atomic mass is 9.90. The summed E-state index contributed by atoms with van der Waals surface area (Å²) < 4.78 is 2.10. The molecule has 100 valence electrons. The predicted molar refractivity (Wildman–Crippen MR) is 82.0 cm³/mol. The highest BCUT2D eigenvalue weighted by molar-refractivity contribution is 5.64. The highest BCUT2D eigenvalue weighted by Crippen LogP contribution is 2.27. The van der Waals surface area contributed by atoms with Crippen LogP contribution in [-0.4, -0.2) is 9.38 Å². The highest BCUT2D eigenvalue weighted by atomic mass is 15.0. The van der Waals surface area contributed by atoms with Gasteiger partial charge in [0.05, 0.1) is 5.69 Å². The number of hydrogen-bond acceptors (Lipinski definition) is 1. The Bertz CT molecular complexity index is 783. The van der Waals surface area contributed by atoms with E-state index in [4.69, 9.17) is 4.98 Å². The first-order valence-electron chi connectivity index (χ1n) is 7.37. The molecule has 4 rings (SSSR count). The van der Waals surface area contributed by atoms with E-state index in [-0.39, 0.29) is 0 Å². The highest BCUT2D eigenvalue weighted by Gasteiger charge is 2.11. The van der Waals surface area contributed by atoms with Crippen LogP contribution >= 0.6 is 0 Å². The van der Waals surface area contributed by atoms with Crippen LogP contribution in [-0.2, 0) is 12.8 Å². The van der Waals surface area contributed by atoms with Crippen LogP contribution in [0.5, 0.6) is 0 Å². The van der Waals surface area contributed by atoms with Crippen LogP contribution in [0.15, 0.2) is 42.7 Å². The summed E-state index contributed by atoms with van der Waals surface area (Å²) in [6.07, 6.45) is 9.31. The molecule has 20 heavy (non-hydrogen) atoms. The smallest absolute Gasteiger partial charge is 0.137 e. The Kier molecular flexibility index (Phi) is 2.62. The van der Waals surface area contributed by atoms with Gasteiger partial charge in [-0.15, -0.1) is 0 Å². The molecule has 0 atom stereocenters. The minimum atomic E-state index is 1.03. The number of fused-ring (bicyclic) bond motifs is 2. The fourth-order valence-electron chi connectivity index (χ4n) is 3.12. The first-order valence-corrected chi connectivity index (χ1v) is 7.37. The molecule has 1 aliphatic carbocycles. The lowest BCUT2D eigenvalue weighted by molar-refractivity contribution is 0.686. The van der Waals surface area contributed by atoms with Gasteiger partial charge < -0.3 is 4.40 Å². The van der Waals surface area contributed by atoms with Crippen molar-refractivity contribution in [2.75, 3.05) is 0 Å². The minimum Gasteiger partial charge on any atom is -0.306 e. The van der Waals surface area contributed by atoms with Crippen molar-refractivity contribution in [3.05, 3.63) is 59.4 Å². The first-order chi connectivity index (χ1) is 9.79. The molecule has 0 bridgehead atoms. The van der Waals surface area contributed by atoms with Crippen molar-refractivity contribution >= 4 is 5.65 Å². The molecule has 2 aromatic heterocycles. The summed E-state index contributed by atoms with van der Waals surface area (Å²) in [7, 11) is 0. The maximum Gasteiger partial charge on any atom is 0.137 e. The molecule has 0 fully saturated rings. The largest absolute Gasteiger partial charge is 0.306 e. The summed E-state index contributed by atoms with van der Waals surface area (Å²) in [4.78, 5) is 4.76. The van der Waals surface area contributed by atoms with Crippen LogP contribution in [0.3, 0.4) is 0 Å². The molecule has 0 unspecified atom stereocenters. The number of nitrogens with zero attached hydrogens (tertiary/aromatic N) is 2. The third-order valence-corrected chi connectivity index (χ3v) is 4.26. The number of imidazole rings is 1. The van der Waals surface area contributed by atoms with Crippen molar-refractivity contribution in [2.24, 2.45) is 0 Å². The SMILES string of the molecule is Cc1ccn2cc(-c3ccc4c(c3)CCCC4)nc2c1. The molecule has 0 saturated carbocycles. The van der Waals surface area contributed by atoms with E-state index in [1.54, 1.807) is 0 Å². The van der Waals surface area contributed by atoms with Crippen molar-refractivity contribution in [3.8, 4) is 11.3 Å². The molecule has 0 saturated heterocycles. The Balaban J connectivity index is 1.82. The fourth-order valence-corrected chi connectivity index (χ4v) is 3.12. The molecule has 3 aromatic rings. The van der Waals surface area contributed by atoms with Crippen LogP contribution < -0.4 is 0 Å². The van der Waals surface area contributed by atoms with E-state index >= 15 is 0 Å². The number of benzene rings is 1. The molecule has 0 radical (unpaired) electrons. The summed E-state index contributed by atoms with van der Waals surface area (Å²) in [5.41, 5.74) is 7.63. The normalized spacial score (nSPS) is 14.4. The van der Waals surface area contributed by atoms with Gasteiger partial charge in [0.1, 0.15) is 5.65 Å². The van der Waals surface area contributed by atoms with Gasteiger partial charge in [-0.05, 0) is 67.5 Å². The average molecular weight is 262 g/mol. The van der Waals surface area contributed by atoms with Gasteiger partial charge in [0.15, 0.2) is 0 Å². The number of aryl methyl sites for hydroxylation is 3. The quantitative estimate of drug-likeness (QED) is 0.643. The maximum absolute atomic E-state index is 4.76. The van der Waals surface area contributed by atoms with Gasteiger partial charge in [-0.25, -0.2) is 4.98 Å². The van der Waals surface area contributed by atoms with Crippen LogP contribution in [0.4, 0.5) is 0 Å². The van der Waals surface area contributed by atoms with Crippen molar-refractivity contribution in [1.82, 2.24) is 9.38 Å². The van der Waals surface area contributed by atoms with E-state index in [0.717, 1.165) is 11.3 Å². The molecule has 0 aliphatic heterocycles. The van der Waals surface area contributed by atoms with E-state index < -0.39 is 0 Å². The first kappa shape index (κ1) is 11.7. The Morgan fingerprint density at radius 3 is 2.75 bits per heavy atom. The summed E-state index contributed by atoms with van der Waals surface area (Å²) in [6, 6.07) is 11.1. The van der Waals surface area contributed by atoms with Crippen molar-refractivity contribution < 1.29 is 0 Å². The molecule has 1 aromatic carbocycles. The topological polar surface area (TPSA) is 17.3 Å². The van der Waals surface area contributed by atoms with E-state index in [1.807, 2.05) is 0 Å². The summed E-state index contributed by atoms with van der Waals surface area (Å²) >= 11 is 0. The van der Waals surface area contributed by atoms with E-state index in [1.165, 1.54) is 47.9 Å². The Hall–Kier alpha value is -2.09. The average Bonchev–Trinajstić information content (AvgIpc) is 2.89. The van der Waals surface area contributed by atoms with Gasteiger partial charge in [0.2, 0.25) is 0 Å². The van der Waals surface area contributed by atoms with Crippen LogP contribution in [0.25, 0.3) is 16.9 Å². The standard InChI is InChI=1S/C18H18N2/c1-13-8-9-20-12-17(19-18(20)10-13)16-7-6-14-4-2-3-5-15(14)11-16/h6-12H,2-5H2,1H3. The minimum absolute atomic E-state index is 1.03. The molecular weight excluding hydrogens is 244 g/mol. The molecule has 0 amide bonds. The van der Waals surface area contributed by atoms with E-state index in [0.29, 0.717) is 0 Å². The zero-order chi connectivity index (χ0) is 13.5.